The normalized spacial score (nSPS) is 11.7. The second-order valence-electron chi connectivity index (χ2n) is 5.72. The van der Waals surface area contributed by atoms with Crippen LogP contribution in [0.1, 0.15) is 21.5 Å². The molecule has 2 rings (SSSR count). The van der Waals surface area contributed by atoms with Crippen LogP contribution in [-0.4, -0.2) is 23.4 Å². The first kappa shape index (κ1) is 22.6. The molecule has 0 aliphatic rings. The second-order valence-corrected chi connectivity index (χ2v) is 5.72. The molecule has 13 heteroatoms. The zero-order chi connectivity index (χ0) is 22.7. The van der Waals surface area contributed by atoms with Crippen molar-refractivity contribution in [3.63, 3.8) is 0 Å². The van der Waals surface area contributed by atoms with Gasteiger partial charge in [0.05, 0.1) is 21.6 Å². The largest absolute Gasteiger partial charge is 0.452 e. The summed E-state index contributed by atoms with van der Waals surface area (Å²) in [5.74, 6) is -2.55. The first-order chi connectivity index (χ1) is 13.8. The highest BCUT2D eigenvalue weighted by Gasteiger charge is 2.37. The van der Waals surface area contributed by atoms with Crippen molar-refractivity contribution in [3.8, 4) is 0 Å². The molecule has 0 unspecified atom stereocenters. The molecule has 2 aromatic carbocycles. The molecule has 2 aromatic rings. The fraction of sp³-hybridized carbons (Fsp3) is 0.176. The van der Waals surface area contributed by atoms with Crippen LogP contribution in [0.4, 0.5) is 37.7 Å². The van der Waals surface area contributed by atoms with Crippen LogP contribution in [-0.2, 0) is 21.9 Å². The van der Waals surface area contributed by atoms with Crippen LogP contribution in [0.5, 0.6) is 0 Å². The van der Waals surface area contributed by atoms with E-state index in [2.05, 4.69) is 10.1 Å². The van der Waals surface area contributed by atoms with Crippen LogP contribution in [0.15, 0.2) is 42.5 Å². The lowest BCUT2D eigenvalue weighted by atomic mass is 10.0. The summed E-state index contributed by atoms with van der Waals surface area (Å²) in [4.78, 5) is 33.5. The van der Waals surface area contributed by atoms with Crippen LogP contribution >= 0.6 is 0 Å². The highest BCUT2D eigenvalue weighted by Crippen LogP contribution is 2.36. The van der Waals surface area contributed by atoms with Crippen molar-refractivity contribution in [3.05, 3.63) is 69.3 Å². The topological polar surface area (TPSA) is 98.5 Å². The molecule has 1 amide bonds. The maximum absolute atomic E-state index is 12.8. The monoisotopic (exact) mass is 436 g/mol. The molecular formula is C17H10F6N2O5. The number of nitrogens with zero attached hydrogens (tertiary/aromatic N) is 1. The molecule has 0 bridgehead atoms. The molecule has 0 heterocycles. The highest BCUT2D eigenvalue weighted by atomic mass is 19.4. The summed E-state index contributed by atoms with van der Waals surface area (Å²) in [5, 5.41) is 12.7. The zero-order valence-corrected chi connectivity index (χ0v) is 14.5. The molecule has 0 radical (unpaired) electrons. The molecule has 1 N–H and O–H groups in total. The minimum Gasteiger partial charge on any atom is -0.452 e. The number of carbonyl (C=O) groups excluding carboxylic acids is 2. The predicted octanol–water partition coefficient (Wildman–Crippen LogP) is 4.43. The quantitative estimate of drug-likeness (QED) is 0.324. The number of rotatable bonds is 5. The third-order valence-corrected chi connectivity index (χ3v) is 3.52. The number of hydrogen-bond acceptors (Lipinski definition) is 5. The average Bonchev–Trinajstić information content (AvgIpc) is 2.64. The SMILES string of the molecule is O=C(COC(=O)c1cc(C(F)(F)F)cc(C(F)(F)F)c1)Nc1ccc([N+](=O)[O-])cc1. The third-order valence-electron chi connectivity index (χ3n) is 3.52. The molecule has 0 saturated heterocycles. The molecule has 7 nitrogen and oxygen atoms in total. The lowest BCUT2D eigenvalue weighted by Gasteiger charge is -2.14. The van der Waals surface area contributed by atoms with Crippen LogP contribution in [0.2, 0.25) is 0 Å². The van der Waals surface area contributed by atoms with Gasteiger partial charge in [0.1, 0.15) is 0 Å². The Bertz CT molecular complexity index is 938. The van der Waals surface area contributed by atoms with Crippen LogP contribution < -0.4 is 5.32 Å². The molecule has 0 aromatic heterocycles. The Balaban J connectivity index is 2.09. The Kier molecular flexibility index (Phi) is 6.33. The van der Waals surface area contributed by atoms with Crippen molar-refractivity contribution in [2.24, 2.45) is 0 Å². The van der Waals surface area contributed by atoms with E-state index in [9.17, 15) is 46.0 Å². The molecule has 0 aliphatic heterocycles. The zero-order valence-electron chi connectivity index (χ0n) is 14.5. The number of halogens is 6. The van der Waals surface area contributed by atoms with Gasteiger partial charge in [-0.3, -0.25) is 14.9 Å². The lowest BCUT2D eigenvalue weighted by molar-refractivity contribution is -0.384. The number of carbonyl (C=O) groups is 2. The number of esters is 1. The van der Waals surface area contributed by atoms with Crippen molar-refractivity contribution in [1.29, 1.82) is 0 Å². The Morgan fingerprint density at radius 1 is 0.933 bits per heavy atom. The number of anilines is 1. The standard InChI is InChI=1S/C17H10F6N2O5/c18-16(19,20)10-5-9(6-11(7-10)17(21,22)23)15(27)30-8-14(26)24-12-1-3-13(4-2-12)25(28)29/h1-7H,8H2,(H,24,26). The van der Waals surface area contributed by atoms with Crippen molar-refractivity contribution in [2.45, 2.75) is 12.4 Å². The van der Waals surface area contributed by atoms with Crippen LogP contribution in [0.3, 0.4) is 0 Å². The smallest absolute Gasteiger partial charge is 0.416 e. The minimum absolute atomic E-state index is 0.0834. The van der Waals surface area contributed by atoms with E-state index in [-0.39, 0.29) is 29.6 Å². The van der Waals surface area contributed by atoms with Crippen LogP contribution in [0.25, 0.3) is 0 Å². The number of nitrogens with one attached hydrogen (secondary N) is 1. The number of benzene rings is 2. The molecule has 160 valence electrons. The minimum atomic E-state index is -5.15. The van der Waals surface area contributed by atoms with Gasteiger partial charge in [0.2, 0.25) is 0 Å². The van der Waals surface area contributed by atoms with Gasteiger partial charge in [-0.1, -0.05) is 0 Å². The van der Waals surface area contributed by atoms with Gasteiger partial charge in [-0.15, -0.1) is 0 Å². The van der Waals surface area contributed by atoms with Crippen molar-refractivity contribution >= 4 is 23.3 Å². The summed E-state index contributed by atoms with van der Waals surface area (Å²) in [6.45, 7) is -1.02. The van der Waals surface area contributed by atoms with Crippen molar-refractivity contribution < 1.29 is 45.6 Å². The van der Waals surface area contributed by atoms with Gasteiger partial charge in [-0.2, -0.15) is 26.3 Å². The molecule has 0 atom stereocenters. The second kappa shape index (κ2) is 8.39. The van der Waals surface area contributed by atoms with E-state index in [0.29, 0.717) is 0 Å². The third kappa shape index (κ3) is 5.93. The first-order valence-electron chi connectivity index (χ1n) is 7.78. The number of alkyl halides is 6. The van der Waals surface area contributed by atoms with Gasteiger partial charge in [-0.05, 0) is 30.3 Å². The van der Waals surface area contributed by atoms with E-state index < -0.39 is 52.4 Å². The van der Waals surface area contributed by atoms with E-state index in [0.717, 1.165) is 12.1 Å². The Hall–Kier alpha value is -3.64. The molecule has 0 fully saturated rings. The van der Waals surface area contributed by atoms with E-state index in [1.54, 1.807) is 0 Å². The summed E-state index contributed by atoms with van der Waals surface area (Å²) in [6.07, 6.45) is -10.3. The highest BCUT2D eigenvalue weighted by molar-refractivity contribution is 5.95. The molecule has 0 spiro atoms. The molecule has 30 heavy (non-hydrogen) atoms. The Morgan fingerprint density at radius 2 is 1.43 bits per heavy atom. The molecular weight excluding hydrogens is 426 g/mol. The van der Waals surface area contributed by atoms with Crippen molar-refractivity contribution in [1.82, 2.24) is 0 Å². The van der Waals surface area contributed by atoms with E-state index >= 15 is 0 Å². The van der Waals surface area contributed by atoms with Crippen LogP contribution in [0, 0.1) is 10.1 Å². The number of nitro groups is 1. The van der Waals surface area contributed by atoms with Gasteiger partial charge in [-0.25, -0.2) is 4.79 Å². The van der Waals surface area contributed by atoms with Gasteiger partial charge in [0.25, 0.3) is 11.6 Å². The van der Waals surface area contributed by atoms with E-state index in [1.807, 2.05) is 0 Å². The number of ether oxygens (including phenoxy) is 1. The maximum Gasteiger partial charge on any atom is 0.416 e. The van der Waals surface area contributed by atoms with Gasteiger partial charge < -0.3 is 10.1 Å². The summed E-state index contributed by atoms with van der Waals surface area (Å²) in [6, 6.07) is 4.67. The number of nitro benzene ring substituents is 1. The Labute approximate surface area is 163 Å². The van der Waals surface area contributed by atoms with Gasteiger partial charge >= 0.3 is 18.3 Å². The number of hydrogen-bond donors (Lipinski definition) is 1. The van der Waals surface area contributed by atoms with E-state index in [1.165, 1.54) is 12.1 Å². The van der Waals surface area contributed by atoms with Gasteiger partial charge in [0.15, 0.2) is 6.61 Å². The summed E-state index contributed by atoms with van der Waals surface area (Å²) >= 11 is 0. The number of non-ortho nitro benzene ring substituents is 1. The Morgan fingerprint density at radius 3 is 1.87 bits per heavy atom. The summed E-state index contributed by atoms with van der Waals surface area (Å²) < 4.78 is 81.3. The summed E-state index contributed by atoms with van der Waals surface area (Å²) in [5.41, 5.74) is -4.64. The molecule has 0 aliphatic carbocycles. The first-order valence-corrected chi connectivity index (χ1v) is 7.78. The fourth-order valence-corrected chi connectivity index (χ4v) is 2.15. The summed E-state index contributed by atoms with van der Waals surface area (Å²) in [7, 11) is 0. The lowest BCUT2D eigenvalue weighted by Crippen LogP contribution is -2.21. The molecule has 0 saturated carbocycles. The predicted molar refractivity (Wildman–Crippen MR) is 88.5 cm³/mol. The maximum atomic E-state index is 12.8. The fourth-order valence-electron chi connectivity index (χ4n) is 2.15. The van der Waals surface area contributed by atoms with Gasteiger partial charge in [0, 0.05) is 17.8 Å². The van der Waals surface area contributed by atoms with Crippen molar-refractivity contribution in [2.75, 3.05) is 11.9 Å². The number of amides is 1. The average molecular weight is 436 g/mol. The van der Waals surface area contributed by atoms with E-state index in [4.69, 9.17) is 0 Å².